The highest BCUT2D eigenvalue weighted by Crippen LogP contribution is 2.23. The third kappa shape index (κ3) is 3.63. The average Bonchev–Trinajstić information content (AvgIpc) is 3.17. The van der Waals surface area contributed by atoms with Gasteiger partial charge in [-0.2, -0.15) is 10.1 Å². The van der Waals surface area contributed by atoms with Crippen LogP contribution in [0.4, 0.5) is 5.95 Å². The fourth-order valence-corrected chi connectivity index (χ4v) is 3.49. The molecule has 0 saturated carbocycles. The van der Waals surface area contributed by atoms with Gasteiger partial charge in [0.2, 0.25) is 5.95 Å². The van der Waals surface area contributed by atoms with Gasteiger partial charge in [0.05, 0.1) is 24.0 Å². The van der Waals surface area contributed by atoms with Gasteiger partial charge >= 0.3 is 0 Å². The van der Waals surface area contributed by atoms with Gasteiger partial charge in [0.1, 0.15) is 5.65 Å². The normalized spacial score (nSPS) is 11.1. The molecular formula is C22H24N6O. The molecule has 0 aliphatic carbocycles. The summed E-state index contributed by atoms with van der Waals surface area (Å²) in [6.07, 6.45) is 3.66. The van der Waals surface area contributed by atoms with Crippen LogP contribution in [0.1, 0.15) is 25.1 Å². The third-order valence-electron chi connectivity index (χ3n) is 4.92. The lowest BCUT2D eigenvalue weighted by atomic mass is 10.1. The highest BCUT2D eigenvalue weighted by Gasteiger charge is 2.16. The molecule has 4 aromatic rings. The van der Waals surface area contributed by atoms with Gasteiger partial charge in [0.15, 0.2) is 0 Å². The minimum atomic E-state index is -0.0696. The number of aryl methyl sites for hydroxylation is 2. The maximum atomic E-state index is 13.2. The summed E-state index contributed by atoms with van der Waals surface area (Å²) >= 11 is 0. The zero-order valence-electron chi connectivity index (χ0n) is 16.9. The van der Waals surface area contributed by atoms with E-state index in [1.54, 1.807) is 10.8 Å². The van der Waals surface area contributed by atoms with Gasteiger partial charge in [-0.15, -0.1) is 0 Å². The second-order valence-electron chi connectivity index (χ2n) is 6.92. The van der Waals surface area contributed by atoms with Crippen molar-refractivity contribution in [3.8, 4) is 11.1 Å². The van der Waals surface area contributed by atoms with E-state index >= 15 is 0 Å². The summed E-state index contributed by atoms with van der Waals surface area (Å²) in [4.78, 5) is 22.3. The number of anilines is 1. The molecule has 4 rings (SSSR count). The first-order valence-corrected chi connectivity index (χ1v) is 9.83. The van der Waals surface area contributed by atoms with Crippen molar-refractivity contribution in [3.05, 3.63) is 70.4 Å². The minimum absolute atomic E-state index is 0.0696. The van der Waals surface area contributed by atoms with Crippen LogP contribution in [0.5, 0.6) is 0 Å². The highest BCUT2D eigenvalue weighted by atomic mass is 16.1. The Balaban J connectivity index is 1.80. The van der Waals surface area contributed by atoms with E-state index in [0.717, 1.165) is 28.8 Å². The molecule has 7 nitrogen and oxygen atoms in total. The zero-order chi connectivity index (χ0) is 20.4. The molecule has 1 aromatic carbocycles. The van der Waals surface area contributed by atoms with Crippen molar-refractivity contribution in [3.63, 3.8) is 0 Å². The first-order chi connectivity index (χ1) is 14.1. The van der Waals surface area contributed by atoms with E-state index in [1.165, 1.54) is 0 Å². The molecule has 0 unspecified atom stereocenters. The number of fused-ring (bicyclic) bond motifs is 1. The standard InChI is InChI=1S/C22H24N6O/c1-4-23-22-25-15(3)18-11-19(21(29)28(5-2)20(18)26-22)17-12-24-27(14-17)13-16-9-7-6-8-10-16/h6-12,14H,4-5,13H2,1-3H3,(H,23,25,26). The van der Waals surface area contributed by atoms with E-state index in [4.69, 9.17) is 0 Å². The largest absolute Gasteiger partial charge is 0.354 e. The van der Waals surface area contributed by atoms with Crippen molar-refractivity contribution >= 4 is 17.0 Å². The van der Waals surface area contributed by atoms with Crippen molar-refractivity contribution in [1.29, 1.82) is 0 Å². The van der Waals surface area contributed by atoms with Crippen molar-refractivity contribution in [2.75, 3.05) is 11.9 Å². The van der Waals surface area contributed by atoms with Gasteiger partial charge in [-0.3, -0.25) is 14.0 Å². The molecule has 1 N–H and O–H groups in total. The van der Waals surface area contributed by atoms with Crippen LogP contribution in [0.2, 0.25) is 0 Å². The first kappa shape index (κ1) is 18.9. The number of hydrogen-bond donors (Lipinski definition) is 1. The fraction of sp³-hybridized carbons (Fsp3) is 0.273. The van der Waals surface area contributed by atoms with Gasteiger partial charge in [0, 0.05) is 30.2 Å². The van der Waals surface area contributed by atoms with Crippen molar-refractivity contribution in [2.45, 2.75) is 33.9 Å². The van der Waals surface area contributed by atoms with E-state index in [0.29, 0.717) is 30.2 Å². The number of nitrogens with zero attached hydrogens (tertiary/aromatic N) is 5. The molecule has 7 heteroatoms. The summed E-state index contributed by atoms with van der Waals surface area (Å²) in [5.41, 5.74) is 3.99. The lowest BCUT2D eigenvalue weighted by Gasteiger charge is -2.13. The summed E-state index contributed by atoms with van der Waals surface area (Å²) in [7, 11) is 0. The van der Waals surface area contributed by atoms with Crippen LogP contribution in [0.3, 0.4) is 0 Å². The quantitative estimate of drug-likeness (QED) is 0.547. The van der Waals surface area contributed by atoms with Crippen LogP contribution in [0.15, 0.2) is 53.6 Å². The molecule has 0 bridgehead atoms. The van der Waals surface area contributed by atoms with E-state index in [1.807, 2.05) is 55.9 Å². The molecule has 3 heterocycles. The Bertz CT molecular complexity index is 1210. The molecule has 148 valence electrons. The topological polar surface area (TPSA) is 77.6 Å². The third-order valence-corrected chi connectivity index (χ3v) is 4.92. The van der Waals surface area contributed by atoms with E-state index in [9.17, 15) is 4.79 Å². The maximum Gasteiger partial charge on any atom is 0.260 e. The average molecular weight is 388 g/mol. The second kappa shape index (κ2) is 7.87. The Kier molecular flexibility index (Phi) is 5.12. The van der Waals surface area contributed by atoms with Crippen LogP contribution < -0.4 is 10.9 Å². The number of hydrogen-bond acceptors (Lipinski definition) is 5. The number of nitrogens with one attached hydrogen (secondary N) is 1. The van der Waals surface area contributed by atoms with Crippen LogP contribution >= 0.6 is 0 Å². The Morgan fingerprint density at radius 2 is 1.90 bits per heavy atom. The molecule has 0 aliphatic rings. The highest BCUT2D eigenvalue weighted by molar-refractivity contribution is 5.83. The number of rotatable bonds is 6. The molecule has 0 spiro atoms. The lowest BCUT2D eigenvalue weighted by Crippen LogP contribution is -2.23. The Morgan fingerprint density at radius 1 is 1.10 bits per heavy atom. The lowest BCUT2D eigenvalue weighted by molar-refractivity contribution is 0.687. The Morgan fingerprint density at radius 3 is 2.62 bits per heavy atom. The monoisotopic (exact) mass is 388 g/mol. The number of pyridine rings is 1. The van der Waals surface area contributed by atoms with Crippen LogP contribution in [0, 0.1) is 6.92 Å². The van der Waals surface area contributed by atoms with E-state index in [-0.39, 0.29) is 5.56 Å². The summed E-state index contributed by atoms with van der Waals surface area (Å²) in [5.74, 6) is 0.544. The molecule has 29 heavy (non-hydrogen) atoms. The Labute approximate surface area is 169 Å². The molecule has 0 amide bonds. The van der Waals surface area contributed by atoms with Crippen LogP contribution in [0.25, 0.3) is 22.2 Å². The summed E-state index contributed by atoms with van der Waals surface area (Å²) in [6, 6.07) is 12.0. The van der Waals surface area contributed by atoms with E-state index < -0.39 is 0 Å². The molecule has 0 fully saturated rings. The Hall–Kier alpha value is -3.48. The predicted octanol–water partition coefficient (Wildman–Crippen LogP) is 3.46. The second-order valence-corrected chi connectivity index (χ2v) is 6.92. The van der Waals surface area contributed by atoms with Gasteiger partial charge < -0.3 is 5.32 Å². The minimum Gasteiger partial charge on any atom is -0.354 e. The van der Waals surface area contributed by atoms with Crippen LogP contribution in [-0.2, 0) is 13.1 Å². The van der Waals surface area contributed by atoms with Crippen molar-refractivity contribution < 1.29 is 0 Å². The molecule has 0 radical (unpaired) electrons. The van der Waals surface area contributed by atoms with Crippen molar-refractivity contribution in [1.82, 2.24) is 24.3 Å². The molecule has 0 saturated heterocycles. The first-order valence-electron chi connectivity index (χ1n) is 9.83. The predicted molar refractivity (Wildman–Crippen MR) is 115 cm³/mol. The molecule has 0 atom stereocenters. The van der Waals surface area contributed by atoms with Gasteiger partial charge in [-0.05, 0) is 32.4 Å². The molecular weight excluding hydrogens is 364 g/mol. The molecule has 0 aliphatic heterocycles. The molecule has 3 aromatic heterocycles. The fourth-order valence-electron chi connectivity index (χ4n) is 3.49. The van der Waals surface area contributed by atoms with Gasteiger partial charge in [0.25, 0.3) is 5.56 Å². The summed E-state index contributed by atoms with van der Waals surface area (Å²) in [5, 5.41) is 8.46. The number of aromatic nitrogens is 5. The van der Waals surface area contributed by atoms with E-state index in [2.05, 4.69) is 32.5 Å². The SMILES string of the molecule is CCNc1nc(C)c2cc(-c3cnn(Cc4ccccc4)c3)c(=O)n(CC)c2n1. The van der Waals surface area contributed by atoms with Gasteiger partial charge in [-0.25, -0.2) is 4.98 Å². The maximum absolute atomic E-state index is 13.2. The van der Waals surface area contributed by atoms with Crippen molar-refractivity contribution in [2.24, 2.45) is 0 Å². The summed E-state index contributed by atoms with van der Waals surface area (Å²) in [6.45, 7) is 7.80. The summed E-state index contributed by atoms with van der Waals surface area (Å²) < 4.78 is 3.55. The zero-order valence-corrected chi connectivity index (χ0v) is 16.9. The number of benzene rings is 1. The van der Waals surface area contributed by atoms with Crippen LogP contribution in [-0.4, -0.2) is 30.9 Å². The smallest absolute Gasteiger partial charge is 0.260 e. The van der Waals surface area contributed by atoms with Gasteiger partial charge in [-0.1, -0.05) is 30.3 Å².